The molecule has 3 N–H and O–H groups in total. The van der Waals surface area contributed by atoms with Gasteiger partial charge in [-0.05, 0) is 0 Å². The highest BCUT2D eigenvalue weighted by atomic mass is 32.2. The van der Waals surface area contributed by atoms with E-state index in [4.69, 9.17) is 10.3 Å². The fraction of sp³-hybridized carbons (Fsp3) is 0.750. The molecule has 0 aromatic rings. The zero-order valence-corrected chi connectivity index (χ0v) is 6.43. The molecule has 0 spiro atoms. The molecule has 1 atom stereocenters. The van der Waals surface area contributed by atoms with Crippen LogP contribution in [0, 0.1) is 0 Å². The Morgan fingerprint density at radius 2 is 2.30 bits per heavy atom. The lowest BCUT2D eigenvalue weighted by molar-refractivity contribution is -0.118. The first-order valence-corrected chi connectivity index (χ1v) is 3.78. The van der Waals surface area contributed by atoms with Gasteiger partial charge in [0.2, 0.25) is 17.2 Å². The summed E-state index contributed by atoms with van der Waals surface area (Å²) < 4.78 is 19.8. The van der Waals surface area contributed by atoms with Crippen LogP contribution in [-0.2, 0) is 16.1 Å². The molecule has 0 saturated carbocycles. The van der Waals surface area contributed by atoms with Gasteiger partial charge in [-0.1, -0.05) is 6.92 Å². The van der Waals surface area contributed by atoms with Crippen molar-refractivity contribution in [3.8, 4) is 0 Å². The second-order valence-corrected chi connectivity index (χ2v) is 2.63. The standard InChI is InChI=1S/C4H10N2O3S/c1-2-6(10(8)9)3-4(5)7/h2-3H2,1H3,(H2,5,7)(H,8,9). The van der Waals surface area contributed by atoms with E-state index in [-0.39, 0.29) is 6.54 Å². The van der Waals surface area contributed by atoms with E-state index in [2.05, 4.69) is 0 Å². The molecule has 5 nitrogen and oxygen atoms in total. The van der Waals surface area contributed by atoms with Gasteiger partial charge in [-0.3, -0.25) is 9.35 Å². The Morgan fingerprint density at radius 3 is 2.40 bits per heavy atom. The Kier molecular flexibility index (Phi) is 4.17. The van der Waals surface area contributed by atoms with Gasteiger partial charge in [0.15, 0.2) is 0 Å². The summed E-state index contributed by atoms with van der Waals surface area (Å²) in [6.45, 7) is 1.81. The third-order valence-corrected chi connectivity index (χ3v) is 1.73. The van der Waals surface area contributed by atoms with Crippen molar-refractivity contribution in [2.24, 2.45) is 5.73 Å². The van der Waals surface area contributed by atoms with Crippen molar-refractivity contribution in [3.05, 3.63) is 0 Å². The highest BCUT2D eigenvalue weighted by molar-refractivity contribution is 7.76. The van der Waals surface area contributed by atoms with Crippen molar-refractivity contribution >= 4 is 17.2 Å². The summed E-state index contributed by atoms with van der Waals surface area (Å²) in [5.41, 5.74) is 4.78. The van der Waals surface area contributed by atoms with Gasteiger partial charge >= 0.3 is 0 Å². The summed E-state index contributed by atoms with van der Waals surface area (Å²) in [7, 11) is 0. The first-order valence-electron chi connectivity index (χ1n) is 2.72. The van der Waals surface area contributed by atoms with E-state index < -0.39 is 17.2 Å². The van der Waals surface area contributed by atoms with Crippen LogP contribution in [0.25, 0.3) is 0 Å². The predicted octanol–water partition coefficient (Wildman–Crippen LogP) is -1.07. The van der Waals surface area contributed by atoms with E-state index in [0.717, 1.165) is 4.31 Å². The molecule has 0 aliphatic carbocycles. The Labute approximate surface area is 61.6 Å². The highest BCUT2D eigenvalue weighted by Crippen LogP contribution is 1.88. The van der Waals surface area contributed by atoms with E-state index in [9.17, 15) is 9.00 Å². The van der Waals surface area contributed by atoms with Gasteiger partial charge < -0.3 is 5.73 Å². The van der Waals surface area contributed by atoms with Gasteiger partial charge in [-0.2, -0.15) is 4.31 Å². The Hall–Kier alpha value is -0.460. The maximum atomic E-state index is 10.3. The van der Waals surface area contributed by atoms with Crippen LogP contribution < -0.4 is 5.73 Å². The van der Waals surface area contributed by atoms with E-state index in [1.165, 1.54) is 0 Å². The zero-order valence-electron chi connectivity index (χ0n) is 5.61. The van der Waals surface area contributed by atoms with E-state index >= 15 is 0 Å². The number of likely N-dealkylation sites (N-methyl/N-ethyl adjacent to an activating group) is 1. The highest BCUT2D eigenvalue weighted by Gasteiger charge is 2.09. The number of carbonyl (C=O) groups is 1. The molecule has 0 aliphatic heterocycles. The fourth-order valence-corrected chi connectivity index (χ4v) is 0.910. The van der Waals surface area contributed by atoms with Crippen LogP contribution >= 0.6 is 0 Å². The third-order valence-electron chi connectivity index (χ3n) is 0.906. The Morgan fingerprint density at radius 1 is 1.80 bits per heavy atom. The Bertz CT molecular complexity index is 149. The molecule has 0 bridgehead atoms. The van der Waals surface area contributed by atoms with Crippen LogP contribution in [0.15, 0.2) is 0 Å². The Balaban J connectivity index is 3.83. The van der Waals surface area contributed by atoms with Gasteiger partial charge in [-0.25, -0.2) is 4.21 Å². The van der Waals surface area contributed by atoms with E-state index in [1.54, 1.807) is 6.92 Å². The fourth-order valence-electron chi connectivity index (χ4n) is 0.451. The molecule has 0 radical (unpaired) electrons. The lowest BCUT2D eigenvalue weighted by Gasteiger charge is -2.11. The summed E-state index contributed by atoms with van der Waals surface area (Å²) in [5, 5.41) is 0. The van der Waals surface area contributed by atoms with Gasteiger partial charge in [-0.15, -0.1) is 0 Å². The molecule has 60 valence electrons. The van der Waals surface area contributed by atoms with Gasteiger partial charge in [0, 0.05) is 6.54 Å². The number of nitrogens with two attached hydrogens (primary N) is 1. The number of carbonyl (C=O) groups excluding carboxylic acids is 1. The normalized spacial score (nSPS) is 13.5. The molecule has 6 heteroatoms. The van der Waals surface area contributed by atoms with Crippen LogP contribution in [0.4, 0.5) is 0 Å². The van der Waals surface area contributed by atoms with Crippen LogP contribution in [0.5, 0.6) is 0 Å². The number of primary amides is 1. The summed E-state index contributed by atoms with van der Waals surface area (Å²) in [6, 6.07) is 0. The maximum Gasteiger partial charge on any atom is 0.234 e. The minimum atomic E-state index is -2.09. The monoisotopic (exact) mass is 166 g/mol. The summed E-state index contributed by atoms with van der Waals surface area (Å²) in [4.78, 5) is 10.2. The largest absolute Gasteiger partial charge is 0.369 e. The van der Waals surface area contributed by atoms with Crippen molar-refractivity contribution in [3.63, 3.8) is 0 Å². The SMILES string of the molecule is CCN(CC(N)=O)S(=O)O. The van der Waals surface area contributed by atoms with Crippen molar-refractivity contribution < 1.29 is 13.6 Å². The van der Waals surface area contributed by atoms with E-state index in [0.29, 0.717) is 6.54 Å². The average Bonchev–Trinajstić information content (AvgIpc) is 1.81. The second-order valence-electron chi connectivity index (χ2n) is 1.65. The van der Waals surface area contributed by atoms with Crippen molar-refractivity contribution in [1.29, 1.82) is 0 Å². The topological polar surface area (TPSA) is 83.6 Å². The number of rotatable bonds is 4. The average molecular weight is 166 g/mol. The summed E-state index contributed by atoms with van der Waals surface area (Å²) in [5.74, 6) is -0.607. The van der Waals surface area contributed by atoms with Crippen LogP contribution in [0.2, 0.25) is 0 Å². The summed E-state index contributed by atoms with van der Waals surface area (Å²) in [6.07, 6.45) is 0. The molecule has 0 saturated heterocycles. The number of nitrogens with zero attached hydrogens (tertiary/aromatic N) is 1. The number of hydrogen-bond acceptors (Lipinski definition) is 2. The lowest BCUT2D eigenvalue weighted by Crippen LogP contribution is -2.34. The van der Waals surface area contributed by atoms with Crippen LogP contribution in [0.3, 0.4) is 0 Å². The maximum absolute atomic E-state index is 10.3. The van der Waals surface area contributed by atoms with Crippen molar-refractivity contribution in [2.75, 3.05) is 13.1 Å². The van der Waals surface area contributed by atoms with Gasteiger partial charge in [0.25, 0.3) is 0 Å². The third kappa shape index (κ3) is 3.54. The van der Waals surface area contributed by atoms with Crippen LogP contribution in [0.1, 0.15) is 6.92 Å². The first-order chi connectivity index (χ1) is 4.57. The first kappa shape index (κ1) is 9.54. The molecular formula is C4H10N2O3S. The quantitative estimate of drug-likeness (QED) is 0.521. The van der Waals surface area contributed by atoms with Gasteiger partial charge in [0.05, 0.1) is 6.54 Å². The van der Waals surface area contributed by atoms with Crippen LogP contribution in [-0.4, -0.2) is 32.1 Å². The molecule has 0 aliphatic rings. The molecule has 0 aromatic carbocycles. The molecular weight excluding hydrogens is 156 g/mol. The molecule has 0 aromatic heterocycles. The van der Waals surface area contributed by atoms with Gasteiger partial charge in [0.1, 0.15) is 0 Å². The number of amides is 1. The molecule has 1 unspecified atom stereocenters. The lowest BCUT2D eigenvalue weighted by atomic mass is 10.6. The van der Waals surface area contributed by atoms with E-state index in [1.807, 2.05) is 0 Å². The molecule has 0 rings (SSSR count). The van der Waals surface area contributed by atoms with Crippen molar-refractivity contribution in [2.45, 2.75) is 6.92 Å². The molecule has 1 amide bonds. The minimum Gasteiger partial charge on any atom is -0.369 e. The van der Waals surface area contributed by atoms with Crippen molar-refractivity contribution in [1.82, 2.24) is 4.31 Å². The smallest absolute Gasteiger partial charge is 0.234 e. The minimum absolute atomic E-state index is 0.181. The predicted molar refractivity (Wildman–Crippen MR) is 37.2 cm³/mol. The number of hydrogen-bond donors (Lipinski definition) is 2. The molecule has 10 heavy (non-hydrogen) atoms. The molecule has 0 heterocycles. The summed E-state index contributed by atoms with van der Waals surface area (Å²) >= 11 is -2.09. The second kappa shape index (κ2) is 4.37. The zero-order chi connectivity index (χ0) is 8.15. The molecule has 0 fully saturated rings.